The molecule has 1 aromatic carbocycles. The van der Waals surface area contributed by atoms with Crippen molar-refractivity contribution in [2.45, 2.75) is 9.92 Å². The Bertz CT molecular complexity index is 601. The minimum absolute atomic E-state index is 0.290. The van der Waals surface area contributed by atoms with Gasteiger partial charge in [-0.05, 0) is 24.3 Å². The fourth-order valence-electron chi connectivity index (χ4n) is 1.45. The summed E-state index contributed by atoms with van der Waals surface area (Å²) < 4.78 is 26.4. The van der Waals surface area contributed by atoms with E-state index in [1.54, 1.807) is 36.5 Å². The molecule has 1 N–H and O–H groups in total. The molecular formula is C13H14N2O2S2. The predicted octanol–water partition coefficient (Wildman–Crippen LogP) is 2.15. The summed E-state index contributed by atoms with van der Waals surface area (Å²) in [4.78, 5) is 4.45. The summed E-state index contributed by atoms with van der Waals surface area (Å²) in [6.45, 7) is 0.373. The lowest BCUT2D eigenvalue weighted by Crippen LogP contribution is -2.25. The summed E-state index contributed by atoms with van der Waals surface area (Å²) in [5.41, 5.74) is 0. The van der Waals surface area contributed by atoms with Crippen molar-refractivity contribution in [2.75, 3.05) is 12.3 Å². The molecule has 100 valence electrons. The van der Waals surface area contributed by atoms with Crippen LogP contribution in [0.1, 0.15) is 0 Å². The second-order valence-electron chi connectivity index (χ2n) is 3.73. The van der Waals surface area contributed by atoms with E-state index in [0.717, 1.165) is 5.03 Å². The van der Waals surface area contributed by atoms with Gasteiger partial charge in [-0.25, -0.2) is 18.1 Å². The quantitative estimate of drug-likeness (QED) is 0.655. The lowest BCUT2D eigenvalue weighted by Gasteiger charge is -2.06. The summed E-state index contributed by atoms with van der Waals surface area (Å²) in [6.07, 6.45) is 1.72. The Hall–Kier alpha value is -1.37. The lowest BCUT2D eigenvalue weighted by molar-refractivity contribution is 0.584. The highest BCUT2D eigenvalue weighted by Gasteiger charge is 2.11. The molecule has 0 aliphatic rings. The highest BCUT2D eigenvalue weighted by molar-refractivity contribution is 7.99. The number of sulfonamides is 1. The van der Waals surface area contributed by atoms with Crippen LogP contribution in [0.2, 0.25) is 0 Å². The van der Waals surface area contributed by atoms with Crippen molar-refractivity contribution in [3.8, 4) is 0 Å². The minimum atomic E-state index is -3.40. The summed E-state index contributed by atoms with van der Waals surface area (Å²) >= 11 is 1.52. The summed E-state index contributed by atoms with van der Waals surface area (Å²) in [6, 6.07) is 14.0. The number of nitrogens with one attached hydrogen (secondary N) is 1. The van der Waals surface area contributed by atoms with Gasteiger partial charge in [0.2, 0.25) is 10.0 Å². The zero-order chi connectivity index (χ0) is 13.6. The molecule has 0 atom stereocenters. The van der Waals surface area contributed by atoms with Crippen LogP contribution in [0.3, 0.4) is 0 Å². The van der Waals surface area contributed by atoms with E-state index in [-0.39, 0.29) is 4.90 Å². The van der Waals surface area contributed by atoms with Gasteiger partial charge in [0.25, 0.3) is 0 Å². The fraction of sp³-hybridized carbons (Fsp3) is 0.154. The van der Waals surface area contributed by atoms with Crippen LogP contribution < -0.4 is 4.72 Å². The maximum absolute atomic E-state index is 11.9. The average Bonchev–Trinajstić information content (AvgIpc) is 2.46. The van der Waals surface area contributed by atoms with Crippen LogP contribution in [0.25, 0.3) is 0 Å². The van der Waals surface area contributed by atoms with Gasteiger partial charge in [-0.1, -0.05) is 24.3 Å². The monoisotopic (exact) mass is 294 g/mol. The Kier molecular flexibility index (Phi) is 4.95. The number of benzene rings is 1. The largest absolute Gasteiger partial charge is 0.250 e. The first-order chi connectivity index (χ1) is 9.18. The molecular weight excluding hydrogens is 280 g/mol. The Balaban J connectivity index is 1.83. The highest BCUT2D eigenvalue weighted by Crippen LogP contribution is 2.13. The molecule has 4 nitrogen and oxygen atoms in total. The topological polar surface area (TPSA) is 59.1 Å². The predicted molar refractivity (Wildman–Crippen MR) is 76.6 cm³/mol. The molecule has 6 heteroatoms. The van der Waals surface area contributed by atoms with Crippen LogP contribution in [-0.4, -0.2) is 25.7 Å². The van der Waals surface area contributed by atoms with Crippen LogP contribution in [0.15, 0.2) is 64.6 Å². The molecule has 0 radical (unpaired) electrons. The molecule has 0 unspecified atom stereocenters. The van der Waals surface area contributed by atoms with Crippen LogP contribution in [0, 0.1) is 0 Å². The number of thioether (sulfide) groups is 1. The van der Waals surface area contributed by atoms with Gasteiger partial charge in [-0.15, -0.1) is 11.8 Å². The highest BCUT2D eigenvalue weighted by atomic mass is 32.2. The molecule has 1 aromatic heterocycles. The molecule has 1 heterocycles. The van der Waals surface area contributed by atoms with Crippen molar-refractivity contribution in [3.05, 3.63) is 54.7 Å². The van der Waals surface area contributed by atoms with Crippen LogP contribution in [0.4, 0.5) is 0 Å². The molecule has 2 aromatic rings. The molecule has 0 saturated heterocycles. The Morgan fingerprint density at radius 1 is 1.05 bits per heavy atom. The van der Waals surface area contributed by atoms with Gasteiger partial charge in [0, 0.05) is 18.5 Å². The van der Waals surface area contributed by atoms with Crippen LogP contribution >= 0.6 is 11.8 Å². The second-order valence-corrected chi connectivity index (χ2v) is 6.61. The van der Waals surface area contributed by atoms with E-state index in [1.165, 1.54) is 11.8 Å². The van der Waals surface area contributed by atoms with Gasteiger partial charge < -0.3 is 0 Å². The molecule has 0 amide bonds. The van der Waals surface area contributed by atoms with Crippen molar-refractivity contribution >= 4 is 21.8 Å². The number of nitrogens with zero attached hydrogens (tertiary/aromatic N) is 1. The normalized spacial score (nSPS) is 11.4. The first kappa shape index (κ1) is 14.0. The van der Waals surface area contributed by atoms with Gasteiger partial charge >= 0.3 is 0 Å². The van der Waals surface area contributed by atoms with Gasteiger partial charge in [0.1, 0.15) is 0 Å². The molecule has 0 aliphatic heterocycles. The van der Waals surface area contributed by atoms with E-state index in [9.17, 15) is 8.42 Å². The van der Waals surface area contributed by atoms with E-state index < -0.39 is 10.0 Å². The summed E-state index contributed by atoms with van der Waals surface area (Å²) in [5, 5.41) is 0.890. The van der Waals surface area contributed by atoms with Crippen molar-refractivity contribution in [1.82, 2.24) is 9.71 Å². The Labute approximate surface area is 117 Å². The van der Waals surface area contributed by atoms with Crippen molar-refractivity contribution in [1.29, 1.82) is 0 Å². The van der Waals surface area contributed by atoms with E-state index in [1.807, 2.05) is 18.2 Å². The molecule has 19 heavy (non-hydrogen) atoms. The van der Waals surface area contributed by atoms with Crippen LogP contribution in [0.5, 0.6) is 0 Å². The van der Waals surface area contributed by atoms with Crippen molar-refractivity contribution in [3.63, 3.8) is 0 Å². The third-order valence-corrected chi connectivity index (χ3v) is 4.76. The second kappa shape index (κ2) is 6.70. The van der Waals surface area contributed by atoms with E-state index in [0.29, 0.717) is 12.3 Å². The van der Waals surface area contributed by atoms with E-state index >= 15 is 0 Å². The number of rotatable bonds is 6. The molecule has 0 fully saturated rings. The molecule has 0 spiro atoms. The van der Waals surface area contributed by atoms with Gasteiger partial charge in [0.05, 0.1) is 9.92 Å². The van der Waals surface area contributed by atoms with Gasteiger partial charge in [-0.2, -0.15) is 0 Å². The SMILES string of the molecule is O=S(=O)(NCCSc1ccccn1)c1ccccc1. The summed E-state index contributed by atoms with van der Waals surface area (Å²) in [5.74, 6) is 0.642. The number of pyridine rings is 1. The fourth-order valence-corrected chi connectivity index (χ4v) is 3.35. The Morgan fingerprint density at radius 2 is 1.79 bits per heavy atom. The molecule has 0 saturated carbocycles. The number of aromatic nitrogens is 1. The first-order valence-electron chi connectivity index (χ1n) is 5.77. The van der Waals surface area contributed by atoms with Crippen molar-refractivity contribution < 1.29 is 8.42 Å². The van der Waals surface area contributed by atoms with Gasteiger partial charge in [0.15, 0.2) is 0 Å². The zero-order valence-corrected chi connectivity index (χ0v) is 11.8. The maximum Gasteiger partial charge on any atom is 0.240 e. The first-order valence-corrected chi connectivity index (χ1v) is 8.24. The van der Waals surface area contributed by atoms with Crippen LogP contribution in [-0.2, 0) is 10.0 Å². The maximum atomic E-state index is 11.9. The third-order valence-electron chi connectivity index (χ3n) is 2.34. The summed E-state index contributed by atoms with van der Waals surface area (Å²) in [7, 11) is -3.40. The number of hydrogen-bond donors (Lipinski definition) is 1. The minimum Gasteiger partial charge on any atom is -0.250 e. The molecule has 0 bridgehead atoms. The molecule has 0 aliphatic carbocycles. The van der Waals surface area contributed by atoms with E-state index in [4.69, 9.17) is 0 Å². The van der Waals surface area contributed by atoms with E-state index in [2.05, 4.69) is 9.71 Å². The lowest BCUT2D eigenvalue weighted by atomic mass is 10.4. The third kappa shape index (κ3) is 4.34. The average molecular weight is 294 g/mol. The standard InChI is InChI=1S/C13H14N2O2S2/c16-19(17,12-6-2-1-3-7-12)15-10-11-18-13-8-4-5-9-14-13/h1-9,15H,10-11H2. The number of hydrogen-bond acceptors (Lipinski definition) is 4. The zero-order valence-electron chi connectivity index (χ0n) is 10.2. The smallest absolute Gasteiger partial charge is 0.240 e. The molecule has 2 rings (SSSR count). The van der Waals surface area contributed by atoms with Crippen molar-refractivity contribution in [2.24, 2.45) is 0 Å². The van der Waals surface area contributed by atoms with Gasteiger partial charge in [-0.3, -0.25) is 0 Å². The Morgan fingerprint density at radius 3 is 2.47 bits per heavy atom.